The van der Waals surface area contributed by atoms with Crippen LogP contribution in [0.4, 0.5) is 5.69 Å². The summed E-state index contributed by atoms with van der Waals surface area (Å²) in [5.41, 5.74) is 1.43. The second-order valence-corrected chi connectivity index (χ2v) is 8.30. The van der Waals surface area contributed by atoms with Crippen LogP contribution in [-0.4, -0.2) is 28.8 Å². The molecule has 2 amide bonds. The number of fused-ring (bicyclic) bond motifs is 1. The predicted molar refractivity (Wildman–Crippen MR) is 98.3 cm³/mol. The highest BCUT2D eigenvalue weighted by molar-refractivity contribution is 5.98. The SMILES string of the molecule is CC1CC1C(=O)Nc1cccc(C(=O)N2C(C)CC3CCCCC32)c1. The van der Waals surface area contributed by atoms with Crippen LogP contribution in [0.3, 0.4) is 0 Å². The van der Waals surface area contributed by atoms with Crippen molar-refractivity contribution in [3.8, 4) is 0 Å². The van der Waals surface area contributed by atoms with Crippen molar-refractivity contribution in [2.75, 3.05) is 5.32 Å². The highest BCUT2D eigenvalue weighted by Gasteiger charge is 2.43. The zero-order valence-corrected chi connectivity index (χ0v) is 15.2. The number of likely N-dealkylation sites (tertiary alicyclic amines) is 1. The number of nitrogens with zero attached hydrogens (tertiary/aromatic N) is 1. The lowest BCUT2D eigenvalue weighted by molar-refractivity contribution is -0.117. The lowest BCUT2D eigenvalue weighted by Crippen LogP contribution is -2.42. The summed E-state index contributed by atoms with van der Waals surface area (Å²) < 4.78 is 0. The van der Waals surface area contributed by atoms with Crippen LogP contribution in [0.1, 0.15) is 62.7 Å². The quantitative estimate of drug-likeness (QED) is 0.901. The minimum Gasteiger partial charge on any atom is -0.333 e. The van der Waals surface area contributed by atoms with Gasteiger partial charge in [0.25, 0.3) is 5.91 Å². The van der Waals surface area contributed by atoms with Crippen molar-refractivity contribution in [3.05, 3.63) is 29.8 Å². The van der Waals surface area contributed by atoms with Gasteiger partial charge in [-0.1, -0.05) is 25.8 Å². The highest BCUT2D eigenvalue weighted by atomic mass is 16.2. The molecule has 1 heterocycles. The van der Waals surface area contributed by atoms with Gasteiger partial charge in [0.05, 0.1) is 0 Å². The molecule has 3 aliphatic rings. The maximum absolute atomic E-state index is 13.2. The van der Waals surface area contributed by atoms with Gasteiger partial charge in [0, 0.05) is 29.3 Å². The average molecular weight is 340 g/mol. The Hall–Kier alpha value is -1.84. The Balaban J connectivity index is 1.50. The molecule has 2 aliphatic carbocycles. The van der Waals surface area contributed by atoms with Crippen LogP contribution in [0, 0.1) is 17.8 Å². The number of carbonyl (C=O) groups is 2. The zero-order valence-electron chi connectivity index (χ0n) is 15.2. The lowest BCUT2D eigenvalue weighted by Gasteiger charge is -2.33. The Kier molecular flexibility index (Phi) is 4.30. The third-order valence-corrected chi connectivity index (χ3v) is 6.40. The first kappa shape index (κ1) is 16.6. The molecule has 25 heavy (non-hydrogen) atoms. The van der Waals surface area contributed by atoms with Gasteiger partial charge in [-0.2, -0.15) is 0 Å². The maximum atomic E-state index is 13.2. The second kappa shape index (κ2) is 6.47. The van der Waals surface area contributed by atoms with Gasteiger partial charge < -0.3 is 10.2 Å². The lowest BCUT2D eigenvalue weighted by atomic mass is 9.85. The molecule has 0 bridgehead atoms. The third-order valence-electron chi connectivity index (χ3n) is 6.40. The van der Waals surface area contributed by atoms with E-state index in [1.165, 1.54) is 19.3 Å². The molecule has 1 aromatic rings. The number of amides is 2. The molecular formula is C21H28N2O2. The molecule has 5 unspecified atom stereocenters. The summed E-state index contributed by atoms with van der Waals surface area (Å²) in [6, 6.07) is 8.18. The first-order valence-electron chi connectivity index (χ1n) is 9.78. The van der Waals surface area contributed by atoms with Gasteiger partial charge in [0.2, 0.25) is 5.91 Å². The van der Waals surface area contributed by atoms with Crippen molar-refractivity contribution in [1.29, 1.82) is 0 Å². The fraction of sp³-hybridized carbons (Fsp3) is 0.619. The Morgan fingerprint density at radius 1 is 1.12 bits per heavy atom. The molecule has 0 radical (unpaired) electrons. The van der Waals surface area contributed by atoms with Crippen LogP contribution >= 0.6 is 0 Å². The highest BCUT2D eigenvalue weighted by Crippen LogP contribution is 2.41. The molecule has 1 N–H and O–H groups in total. The fourth-order valence-electron chi connectivity index (χ4n) is 4.86. The number of nitrogens with one attached hydrogen (secondary N) is 1. The van der Waals surface area contributed by atoms with Crippen LogP contribution in [-0.2, 0) is 4.79 Å². The molecule has 3 fully saturated rings. The molecular weight excluding hydrogens is 312 g/mol. The Morgan fingerprint density at radius 2 is 1.88 bits per heavy atom. The summed E-state index contributed by atoms with van der Waals surface area (Å²) in [6.07, 6.45) is 7.03. The van der Waals surface area contributed by atoms with E-state index in [-0.39, 0.29) is 17.7 Å². The Labute approximate surface area is 150 Å². The van der Waals surface area contributed by atoms with Crippen molar-refractivity contribution in [1.82, 2.24) is 4.90 Å². The Bertz CT molecular complexity index is 686. The zero-order chi connectivity index (χ0) is 17.6. The minimum absolute atomic E-state index is 0.0824. The molecule has 5 atom stereocenters. The predicted octanol–water partition coefficient (Wildman–Crippen LogP) is 4.07. The largest absolute Gasteiger partial charge is 0.333 e. The number of hydrogen-bond donors (Lipinski definition) is 1. The van der Waals surface area contributed by atoms with E-state index in [2.05, 4.69) is 24.1 Å². The smallest absolute Gasteiger partial charge is 0.254 e. The van der Waals surface area contributed by atoms with Crippen molar-refractivity contribution >= 4 is 17.5 Å². The van der Waals surface area contributed by atoms with Crippen LogP contribution in [0.15, 0.2) is 24.3 Å². The van der Waals surface area contributed by atoms with Crippen molar-refractivity contribution in [2.45, 2.75) is 64.5 Å². The summed E-state index contributed by atoms with van der Waals surface area (Å²) in [5.74, 6) is 1.50. The van der Waals surface area contributed by atoms with Crippen molar-refractivity contribution < 1.29 is 9.59 Å². The number of anilines is 1. The van der Waals surface area contributed by atoms with Gasteiger partial charge in [-0.05, 0) is 62.6 Å². The molecule has 4 heteroatoms. The summed E-state index contributed by atoms with van der Waals surface area (Å²) in [5, 5.41) is 2.98. The second-order valence-electron chi connectivity index (χ2n) is 8.30. The monoisotopic (exact) mass is 340 g/mol. The van der Waals surface area contributed by atoms with E-state index in [4.69, 9.17) is 0 Å². The summed E-state index contributed by atoms with van der Waals surface area (Å²) >= 11 is 0. The third kappa shape index (κ3) is 3.19. The summed E-state index contributed by atoms with van der Waals surface area (Å²) in [6.45, 7) is 4.27. The van der Waals surface area contributed by atoms with E-state index in [0.717, 1.165) is 24.9 Å². The van der Waals surface area contributed by atoms with E-state index in [1.807, 2.05) is 24.3 Å². The standard InChI is InChI=1S/C21H28N2O2/c1-13-10-18(13)20(24)22-17-8-5-7-16(12-17)21(25)23-14(2)11-15-6-3-4-9-19(15)23/h5,7-8,12-15,18-19H,3-4,6,9-11H2,1-2H3,(H,22,24). The van der Waals surface area contributed by atoms with Crippen molar-refractivity contribution in [2.24, 2.45) is 17.8 Å². The molecule has 4 rings (SSSR count). The molecule has 2 saturated carbocycles. The molecule has 1 aromatic carbocycles. The number of carbonyl (C=O) groups excluding carboxylic acids is 2. The first-order chi connectivity index (χ1) is 12.0. The molecule has 0 spiro atoms. The number of hydrogen-bond acceptors (Lipinski definition) is 2. The van der Waals surface area contributed by atoms with E-state index in [1.54, 1.807) is 0 Å². The summed E-state index contributed by atoms with van der Waals surface area (Å²) in [7, 11) is 0. The van der Waals surface area contributed by atoms with E-state index >= 15 is 0 Å². The van der Waals surface area contributed by atoms with Crippen LogP contribution in [0.5, 0.6) is 0 Å². The van der Waals surface area contributed by atoms with Gasteiger partial charge in [0.15, 0.2) is 0 Å². The van der Waals surface area contributed by atoms with Crippen LogP contribution < -0.4 is 5.32 Å². The van der Waals surface area contributed by atoms with E-state index < -0.39 is 0 Å². The Morgan fingerprint density at radius 3 is 2.64 bits per heavy atom. The molecule has 1 aliphatic heterocycles. The average Bonchev–Trinajstić information content (AvgIpc) is 3.24. The molecule has 134 valence electrons. The number of benzene rings is 1. The first-order valence-corrected chi connectivity index (χ1v) is 9.78. The molecule has 4 nitrogen and oxygen atoms in total. The van der Waals surface area contributed by atoms with Crippen LogP contribution in [0.25, 0.3) is 0 Å². The van der Waals surface area contributed by atoms with Gasteiger partial charge in [0.1, 0.15) is 0 Å². The molecule has 0 aromatic heterocycles. The van der Waals surface area contributed by atoms with Gasteiger partial charge in [-0.15, -0.1) is 0 Å². The normalized spacial score (nSPS) is 33.7. The van der Waals surface area contributed by atoms with E-state index in [0.29, 0.717) is 29.5 Å². The maximum Gasteiger partial charge on any atom is 0.254 e. The topological polar surface area (TPSA) is 49.4 Å². The van der Waals surface area contributed by atoms with Gasteiger partial charge in [-0.25, -0.2) is 0 Å². The summed E-state index contributed by atoms with van der Waals surface area (Å²) in [4.78, 5) is 27.4. The number of rotatable bonds is 3. The fourth-order valence-corrected chi connectivity index (χ4v) is 4.86. The minimum atomic E-state index is 0.0824. The van der Waals surface area contributed by atoms with Gasteiger partial charge >= 0.3 is 0 Å². The van der Waals surface area contributed by atoms with Gasteiger partial charge in [-0.3, -0.25) is 9.59 Å². The van der Waals surface area contributed by atoms with Crippen molar-refractivity contribution in [3.63, 3.8) is 0 Å². The van der Waals surface area contributed by atoms with E-state index in [9.17, 15) is 9.59 Å². The van der Waals surface area contributed by atoms with Crippen LogP contribution in [0.2, 0.25) is 0 Å². The molecule has 1 saturated heterocycles.